The summed E-state index contributed by atoms with van der Waals surface area (Å²) < 4.78 is 37.8. The van der Waals surface area contributed by atoms with Gasteiger partial charge < -0.3 is 10.6 Å². The molecule has 1 aromatic heterocycles. The zero-order valence-electron chi connectivity index (χ0n) is 16.9. The van der Waals surface area contributed by atoms with Gasteiger partial charge in [0.15, 0.2) is 0 Å². The maximum Gasteiger partial charge on any atom is 0.416 e. The monoisotopic (exact) mass is 415 g/mol. The normalized spacial score (nSPS) is 11.7. The Balaban J connectivity index is 1.57. The van der Waals surface area contributed by atoms with E-state index in [4.69, 9.17) is 0 Å². The summed E-state index contributed by atoms with van der Waals surface area (Å²) in [5.41, 5.74) is 1.47. The lowest BCUT2D eigenvalue weighted by molar-refractivity contribution is -0.137. The summed E-state index contributed by atoms with van der Waals surface area (Å²) >= 11 is 0. The quantitative estimate of drug-likeness (QED) is 0.506. The van der Waals surface area contributed by atoms with E-state index in [1.54, 1.807) is 6.07 Å². The van der Waals surface area contributed by atoms with Gasteiger partial charge in [-0.1, -0.05) is 26.0 Å². The van der Waals surface area contributed by atoms with Crippen molar-refractivity contribution in [2.75, 3.05) is 17.2 Å². The van der Waals surface area contributed by atoms with E-state index in [9.17, 15) is 18.0 Å². The number of nitrogens with zero attached hydrogens (tertiary/aromatic N) is 1. The van der Waals surface area contributed by atoms with E-state index in [0.29, 0.717) is 23.6 Å². The number of amides is 1. The first-order valence-corrected chi connectivity index (χ1v) is 9.81. The number of halogens is 3. The first kappa shape index (κ1) is 21.6. The van der Waals surface area contributed by atoms with E-state index in [2.05, 4.69) is 29.5 Å². The van der Waals surface area contributed by atoms with Gasteiger partial charge in [0.2, 0.25) is 5.91 Å². The number of rotatable bonds is 7. The van der Waals surface area contributed by atoms with Gasteiger partial charge in [0.05, 0.1) is 11.1 Å². The second-order valence-electron chi connectivity index (χ2n) is 7.62. The summed E-state index contributed by atoms with van der Waals surface area (Å²) in [6.45, 7) is 5.09. The van der Waals surface area contributed by atoms with Gasteiger partial charge in [-0.2, -0.15) is 13.2 Å². The summed E-state index contributed by atoms with van der Waals surface area (Å²) in [6.07, 6.45) is -3.81. The van der Waals surface area contributed by atoms with E-state index in [-0.39, 0.29) is 12.3 Å². The summed E-state index contributed by atoms with van der Waals surface area (Å²) in [7, 11) is 0. The van der Waals surface area contributed by atoms with Gasteiger partial charge in [-0.3, -0.25) is 4.79 Å². The average Bonchev–Trinajstić information content (AvgIpc) is 2.70. The number of fused-ring (bicyclic) bond motifs is 1. The molecule has 0 spiro atoms. The second kappa shape index (κ2) is 9.15. The maximum absolute atomic E-state index is 12.6. The fraction of sp³-hybridized carbons (Fsp3) is 0.304. The molecule has 0 bridgehead atoms. The molecule has 1 amide bonds. The predicted octanol–water partition coefficient (Wildman–Crippen LogP) is 5.89. The van der Waals surface area contributed by atoms with Crippen molar-refractivity contribution in [2.24, 2.45) is 5.92 Å². The largest absolute Gasteiger partial charge is 0.416 e. The third-order valence-electron chi connectivity index (χ3n) is 4.59. The van der Waals surface area contributed by atoms with Crippen LogP contribution in [-0.2, 0) is 17.4 Å². The highest BCUT2D eigenvalue weighted by molar-refractivity contribution is 5.94. The van der Waals surface area contributed by atoms with Crippen LogP contribution in [0.15, 0.2) is 54.6 Å². The van der Waals surface area contributed by atoms with Crippen molar-refractivity contribution >= 4 is 28.3 Å². The van der Waals surface area contributed by atoms with Crippen LogP contribution in [0.3, 0.4) is 0 Å². The van der Waals surface area contributed by atoms with E-state index < -0.39 is 11.7 Å². The molecule has 0 aliphatic heterocycles. The minimum Gasteiger partial charge on any atom is -0.370 e. The first-order chi connectivity index (χ1) is 14.2. The van der Waals surface area contributed by atoms with Crippen molar-refractivity contribution in [3.63, 3.8) is 0 Å². The number of carbonyl (C=O) groups excluding carboxylic acids is 1. The van der Waals surface area contributed by atoms with Gasteiger partial charge in [-0.05, 0) is 60.4 Å². The standard InChI is InChI=1S/C23H24F3N3O/c1-15(2)14-27-21-11-6-17-13-19(9-10-20(17)29-21)28-22(30)12-5-16-3-7-18(8-4-16)23(24,25)26/h3-4,6-11,13,15H,5,12,14H2,1-2H3,(H,27,29)(H,28,30). The van der Waals surface area contributed by atoms with E-state index in [1.165, 1.54) is 12.1 Å². The molecule has 4 nitrogen and oxygen atoms in total. The number of hydrogen-bond donors (Lipinski definition) is 2. The summed E-state index contributed by atoms with van der Waals surface area (Å²) in [4.78, 5) is 16.8. The highest BCUT2D eigenvalue weighted by Crippen LogP contribution is 2.29. The van der Waals surface area contributed by atoms with Gasteiger partial charge in [0, 0.05) is 24.0 Å². The Kier molecular flexibility index (Phi) is 6.59. The summed E-state index contributed by atoms with van der Waals surface area (Å²) in [6, 6.07) is 14.2. The molecule has 3 rings (SSSR count). The van der Waals surface area contributed by atoms with Gasteiger partial charge >= 0.3 is 6.18 Å². The summed E-state index contributed by atoms with van der Waals surface area (Å²) in [5.74, 6) is 1.13. The van der Waals surface area contributed by atoms with Crippen molar-refractivity contribution in [3.8, 4) is 0 Å². The molecule has 0 aliphatic rings. The maximum atomic E-state index is 12.6. The molecule has 0 atom stereocenters. The van der Waals surface area contributed by atoms with Gasteiger partial charge in [-0.25, -0.2) is 4.98 Å². The Morgan fingerprint density at radius 2 is 1.77 bits per heavy atom. The molecule has 2 N–H and O–H groups in total. The third kappa shape index (κ3) is 5.95. The van der Waals surface area contributed by atoms with Crippen LogP contribution >= 0.6 is 0 Å². The first-order valence-electron chi connectivity index (χ1n) is 9.81. The number of anilines is 2. The number of pyridine rings is 1. The third-order valence-corrected chi connectivity index (χ3v) is 4.59. The Morgan fingerprint density at radius 1 is 1.03 bits per heavy atom. The minimum atomic E-state index is -4.36. The molecule has 0 fully saturated rings. The number of aromatic nitrogens is 1. The Morgan fingerprint density at radius 3 is 2.43 bits per heavy atom. The van der Waals surface area contributed by atoms with Gasteiger partial charge in [-0.15, -0.1) is 0 Å². The molecule has 0 saturated heterocycles. The molecule has 7 heteroatoms. The fourth-order valence-corrected chi connectivity index (χ4v) is 2.95. The topological polar surface area (TPSA) is 54.0 Å². The van der Waals surface area contributed by atoms with Crippen LogP contribution in [0.2, 0.25) is 0 Å². The zero-order valence-corrected chi connectivity index (χ0v) is 16.9. The van der Waals surface area contributed by atoms with Crippen molar-refractivity contribution in [1.82, 2.24) is 4.98 Å². The molecule has 0 saturated carbocycles. The van der Waals surface area contributed by atoms with E-state index in [1.807, 2.05) is 24.3 Å². The lowest BCUT2D eigenvalue weighted by atomic mass is 10.1. The smallest absolute Gasteiger partial charge is 0.370 e. The Hall–Kier alpha value is -3.09. The van der Waals surface area contributed by atoms with Crippen LogP contribution in [0.25, 0.3) is 10.9 Å². The average molecular weight is 415 g/mol. The van der Waals surface area contributed by atoms with E-state index >= 15 is 0 Å². The lowest BCUT2D eigenvalue weighted by Gasteiger charge is -2.10. The molecule has 0 unspecified atom stereocenters. The van der Waals surface area contributed by atoms with Gasteiger partial charge in [0.1, 0.15) is 5.82 Å². The van der Waals surface area contributed by atoms with Gasteiger partial charge in [0.25, 0.3) is 0 Å². The zero-order chi connectivity index (χ0) is 21.7. The highest BCUT2D eigenvalue weighted by atomic mass is 19.4. The molecular formula is C23H24F3N3O. The molecule has 0 radical (unpaired) electrons. The molecule has 2 aromatic carbocycles. The van der Waals surface area contributed by atoms with Crippen molar-refractivity contribution in [3.05, 3.63) is 65.7 Å². The Labute approximate surface area is 173 Å². The second-order valence-corrected chi connectivity index (χ2v) is 7.62. The number of carbonyl (C=O) groups is 1. The lowest BCUT2D eigenvalue weighted by Crippen LogP contribution is -2.12. The summed E-state index contributed by atoms with van der Waals surface area (Å²) in [5, 5.41) is 7.02. The molecular weight excluding hydrogens is 391 g/mol. The van der Waals surface area contributed by atoms with Crippen molar-refractivity contribution in [1.29, 1.82) is 0 Å². The van der Waals surface area contributed by atoms with Crippen LogP contribution in [0, 0.1) is 5.92 Å². The van der Waals surface area contributed by atoms with Crippen LogP contribution in [0.5, 0.6) is 0 Å². The van der Waals surface area contributed by atoms with E-state index in [0.717, 1.165) is 35.4 Å². The SMILES string of the molecule is CC(C)CNc1ccc2cc(NC(=O)CCc3ccc(C(F)(F)F)cc3)ccc2n1. The molecule has 158 valence electrons. The van der Waals surface area contributed by atoms with Crippen LogP contribution < -0.4 is 10.6 Å². The number of benzene rings is 2. The number of nitrogens with one attached hydrogen (secondary N) is 2. The van der Waals surface area contributed by atoms with Crippen LogP contribution in [-0.4, -0.2) is 17.4 Å². The van der Waals surface area contributed by atoms with Crippen LogP contribution in [0.1, 0.15) is 31.4 Å². The highest BCUT2D eigenvalue weighted by Gasteiger charge is 2.29. The Bertz CT molecular complexity index is 1010. The van der Waals surface area contributed by atoms with Crippen molar-refractivity contribution in [2.45, 2.75) is 32.9 Å². The molecule has 0 aliphatic carbocycles. The number of alkyl halides is 3. The number of aryl methyl sites for hydroxylation is 1. The predicted molar refractivity (Wildman–Crippen MR) is 113 cm³/mol. The minimum absolute atomic E-state index is 0.180. The van der Waals surface area contributed by atoms with Crippen molar-refractivity contribution < 1.29 is 18.0 Å². The molecule has 1 heterocycles. The number of hydrogen-bond acceptors (Lipinski definition) is 3. The molecule has 30 heavy (non-hydrogen) atoms. The fourth-order valence-electron chi connectivity index (χ4n) is 2.95. The van der Waals surface area contributed by atoms with Crippen LogP contribution in [0.4, 0.5) is 24.7 Å². The molecule has 3 aromatic rings.